The maximum atomic E-state index is 13.1. The van der Waals surface area contributed by atoms with E-state index in [4.69, 9.17) is 0 Å². The summed E-state index contributed by atoms with van der Waals surface area (Å²) in [5.74, 6) is -0.750. The number of hydrogen-bond donors (Lipinski definition) is 0. The molecule has 1 aromatic heterocycles. The molecule has 5 rings (SSSR count). The summed E-state index contributed by atoms with van der Waals surface area (Å²) >= 11 is 1.39. The molecule has 0 unspecified atom stereocenters. The molecule has 146 valence electrons. The number of aliphatic carboxylic acids is 1. The summed E-state index contributed by atoms with van der Waals surface area (Å²) in [6.07, 6.45) is 3.04. The third kappa shape index (κ3) is 3.33. The van der Waals surface area contributed by atoms with Crippen LogP contribution in [0.3, 0.4) is 0 Å². The fraction of sp³-hybridized carbons (Fsp3) is 0.261. The van der Waals surface area contributed by atoms with Crippen LogP contribution in [0.1, 0.15) is 51.8 Å². The molecule has 30 heavy (non-hydrogen) atoms. The van der Waals surface area contributed by atoms with Gasteiger partial charge in [-0.2, -0.15) is 0 Å². The number of carbonyl (C=O) groups is 2. The van der Waals surface area contributed by atoms with Crippen molar-refractivity contribution in [3.8, 4) is 0 Å². The number of carboxylic acids is 1. The van der Waals surface area contributed by atoms with E-state index >= 15 is 0 Å². The number of rotatable bonds is 5. The predicted molar refractivity (Wildman–Crippen MR) is 110 cm³/mol. The zero-order valence-corrected chi connectivity index (χ0v) is 17.4. The molecule has 0 amide bonds. The van der Waals surface area contributed by atoms with Crippen molar-refractivity contribution in [2.45, 2.75) is 36.2 Å². The molecule has 1 aliphatic heterocycles. The molecule has 2 aliphatic rings. The normalized spacial score (nSPS) is 17.4. The monoisotopic (exact) mass is 411 g/mol. The van der Waals surface area contributed by atoms with Crippen LogP contribution in [0, 0.1) is 0 Å². The first-order valence-electron chi connectivity index (χ1n) is 9.67. The molecular weight excluding hydrogens is 393 g/mol. The molecule has 3 aromatic rings. The van der Waals surface area contributed by atoms with Crippen LogP contribution in [-0.2, 0) is 11.2 Å². The number of nitrogens with zero attached hydrogens (tertiary/aromatic N) is 1. The van der Waals surface area contributed by atoms with E-state index in [1.165, 1.54) is 16.3 Å². The second-order valence-electron chi connectivity index (χ2n) is 7.64. The molecule has 1 fully saturated rings. The molecule has 2 aromatic carbocycles. The number of benzene rings is 2. The minimum Gasteiger partial charge on any atom is -0.548 e. The maximum absolute atomic E-state index is 13.1. The van der Waals surface area contributed by atoms with E-state index < -0.39 is 17.6 Å². The first kappa shape index (κ1) is 21.0. The van der Waals surface area contributed by atoms with Crippen molar-refractivity contribution in [3.05, 3.63) is 75.1 Å². The second kappa shape index (κ2) is 8.11. The molecule has 0 N–H and O–H groups in total. The summed E-state index contributed by atoms with van der Waals surface area (Å²) in [6, 6.07) is 13.1. The summed E-state index contributed by atoms with van der Waals surface area (Å²) in [5, 5.41) is 14.5. The number of carbonyl (C=O) groups excluding carboxylic acids is 2. The van der Waals surface area contributed by atoms with Crippen LogP contribution in [0.2, 0.25) is 0 Å². The second-order valence-corrected chi connectivity index (χ2v) is 8.65. The van der Waals surface area contributed by atoms with Crippen LogP contribution >= 0.6 is 11.8 Å². The number of carboxylic acid groups (broad SMARTS) is 1. The first-order valence-corrected chi connectivity index (χ1v) is 10.7. The topological polar surface area (TPSA) is 79.2 Å². The van der Waals surface area contributed by atoms with E-state index in [1.54, 1.807) is 0 Å². The van der Waals surface area contributed by atoms with Crippen molar-refractivity contribution >= 4 is 34.8 Å². The van der Waals surface area contributed by atoms with E-state index in [1.807, 2.05) is 42.5 Å². The van der Waals surface area contributed by atoms with Gasteiger partial charge in [0.05, 0.1) is 22.6 Å². The Morgan fingerprint density at radius 3 is 2.60 bits per heavy atom. The zero-order valence-electron chi connectivity index (χ0n) is 16.6. The molecule has 2 heterocycles. The molecule has 1 atom stereocenters. The number of aldehydes is 1. The van der Waals surface area contributed by atoms with Gasteiger partial charge in [-0.05, 0) is 52.6 Å². The third-order valence-electron chi connectivity index (χ3n) is 5.86. The first-order chi connectivity index (χ1) is 14.1. The largest absolute Gasteiger partial charge is 1.00 e. The van der Waals surface area contributed by atoms with Gasteiger partial charge in [0.2, 0.25) is 0 Å². The van der Waals surface area contributed by atoms with Gasteiger partial charge in [-0.1, -0.05) is 42.5 Å². The van der Waals surface area contributed by atoms with Gasteiger partial charge in [0.25, 0.3) is 5.56 Å². The van der Waals surface area contributed by atoms with Gasteiger partial charge in [0.1, 0.15) is 0 Å². The van der Waals surface area contributed by atoms with Gasteiger partial charge in [-0.25, -0.2) is 0 Å². The molecule has 7 heteroatoms. The molecule has 0 saturated heterocycles. The Hall–Kier alpha value is -2.26. The van der Waals surface area contributed by atoms with Gasteiger partial charge in [-0.3, -0.25) is 14.2 Å². The van der Waals surface area contributed by atoms with Crippen LogP contribution in [0.15, 0.2) is 52.3 Å². The van der Waals surface area contributed by atoms with E-state index in [0.717, 1.165) is 40.3 Å². The smallest absolute Gasteiger partial charge is 0.548 e. The number of thioether (sulfide) groups is 1. The standard InChI is InChI=1S/C23H19NO4S.Li/c25-11-18-17(10-15-6-3-5-13-4-1-2-7-16(13)15)20(14-8-9-14)22-24(21(18)26)19(12-29-22)23(27)28;/h1-7,11,14,19H,8-10,12H2,(H,27,28);/q;+1/p-1/t19-;/m0./s1. The number of aromatic nitrogens is 1. The van der Waals surface area contributed by atoms with Crippen molar-refractivity contribution in [2.75, 3.05) is 5.75 Å². The van der Waals surface area contributed by atoms with E-state index in [9.17, 15) is 19.5 Å². The third-order valence-corrected chi connectivity index (χ3v) is 7.03. The molecular formula is C23H18LiNO4S. The van der Waals surface area contributed by atoms with Gasteiger partial charge < -0.3 is 9.90 Å². The molecule has 1 aliphatic carbocycles. The Labute approximate surface area is 189 Å². The van der Waals surface area contributed by atoms with Crippen molar-refractivity contribution < 1.29 is 33.6 Å². The van der Waals surface area contributed by atoms with Crippen molar-refractivity contribution in [3.63, 3.8) is 0 Å². The Morgan fingerprint density at radius 1 is 1.17 bits per heavy atom. The molecule has 1 saturated carbocycles. The number of hydrogen-bond acceptors (Lipinski definition) is 5. The van der Waals surface area contributed by atoms with E-state index in [2.05, 4.69) is 0 Å². The maximum Gasteiger partial charge on any atom is 1.00 e. The summed E-state index contributed by atoms with van der Waals surface area (Å²) in [5.41, 5.74) is 2.35. The Kier molecular flexibility index (Phi) is 5.67. The minimum absolute atomic E-state index is 0. The van der Waals surface area contributed by atoms with Gasteiger partial charge >= 0.3 is 18.9 Å². The quantitative estimate of drug-likeness (QED) is 0.425. The van der Waals surface area contributed by atoms with Crippen LogP contribution < -0.4 is 29.5 Å². The van der Waals surface area contributed by atoms with E-state index in [-0.39, 0.29) is 36.1 Å². The summed E-state index contributed by atoms with van der Waals surface area (Å²) in [6.45, 7) is 0. The van der Waals surface area contributed by atoms with Crippen LogP contribution in [0.5, 0.6) is 0 Å². The Bertz CT molecular complexity index is 1230. The Morgan fingerprint density at radius 2 is 1.90 bits per heavy atom. The molecule has 0 bridgehead atoms. The fourth-order valence-corrected chi connectivity index (χ4v) is 5.73. The molecule has 0 spiro atoms. The number of pyridine rings is 1. The summed E-state index contributed by atoms with van der Waals surface area (Å²) in [4.78, 5) is 36.7. The summed E-state index contributed by atoms with van der Waals surface area (Å²) < 4.78 is 1.28. The van der Waals surface area contributed by atoms with Crippen molar-refractivity contribution in [1.29, 1.82) is 0 Å². The van der Waals surface area contributed by atoms with E-state index in [0.29, 0.717) is 17.7 Å². The molecule has 0 radical (unpaired) electrons. The predicted octanol–water partition coefficient (Wildman–Crippen LogP) is -0.317. The average Bonchev–Trinajstić information content (AvgIpc) is 3.45. The van der Waals surface area contributed by atoms with Crippen LogP contribution in [0.4, 0.5) is 0 Å². The van der Waals surface area contributed by atoms with Gasteiger partial charge in [0.15, 0.2) is 6.29 Å². The van der Waals surface area contributed by atoms with Gasteiger partial charge in [0, 0.05) is 5.75 Å². The van der Waals surface area contributed by atoms with Crippen LogP contribution in [0.25, 0.3) is 10.8 Å². The zero-order chi connectivity index (χ0) is 20.1. The Balaban J connectivity index is 0.00000218. The fourth-order valence-electron chi connectivity index (χ4n) is 4.33. The van der Waals surface area contributed by atoms with Gasteiger partial charge in [-0.15, -0.1) is 11.8 Å². The van der Waals surface area contributed by atoms with Crippen LogP contribution in [-0.4, -0.2) is 22.6 Å². The summed E-state index contributed by atoms with van der Waals surface area (Å²) in [7, 11) is 0. The number of fused-ring (bicyclic) bond motifs is 2. The van der Waals surface area contributed by atoms with Crippen molar-refractivity contribution in [1.82, 2.24) is 4.57 Å². The minimum atomic E-state index is -1.28. The van der Waals surface area contributed by atoms with Crippen molar-refractivity contribution in [2.24, 2.45) is 0 Å². The molecule has 5 nitrogen and oxygen atoms in total. The SMILES string of the molecule is O=Cc1c(Cc2cccc3ccccc23)c(C2CC2)c2n(c1=O)[C@H](C(=O)[O-])CS2.[Li+]. The average molecular weight is 411 g/mol.